The zero-order valence-electron chi connectivity index (χ0n) is 12.4. The second-order valence-electron chi connectivity index (χ2n) is 5.39. The molecule has 23 heavy (non-hydrogen) atoms. The van der Waals surface area contributed by atoms with Gasteiger partial charge in [0.05, 0.1) is 12.6 Å². The lowest BCUT2D eigenvalue weighted by molar-refractivity contribution is 0.174. The van der Waals surface area contributed by atoms with E-state index >= 15 is 0 Å². The van der Waals surface area contributed by atoms with Crippen molar-refractivity contribution >= 4 is 11.7 Å². The van der Waals surface area contributed by atoms with Crippen molar-refractivity contribution in [2.45, 2.75) is 12.5 Å². The van der Waals surface area contributed by atoms with Gasteiger partial charge in [-0.05, 0) is 18.2 Å². The Labute approximate surface area is 133 Å². The van der Waals surface area contributed by atoms with Crippen LogP contribution >= 0.6 is 0 Å². The SMILES string of the molecule is O=C(Nc1ccc2c(c1)OCO2)NC1CCOc2ccccc21. The molecule has 0 bridgehead atoms. The van der Waals surface area contributed by atoms with E-state index in [-0.39, 0.29) is 18.9 Å². The Balaban J connectivity index is 1.45. The summed E-state index contributed by atoms with van der Waals surface area (Å²) in [5, 5.41) is 5.81. The van der Waals surface area contributed by atoms with Gasteiger partial charge in [-0.25, -0.2) is 4.79 Å². The average Bonchev–Trinajstić information content (AvgIpc) is 3.03. The summed E-state index contributed by atoms with van der Waals surface area (Å²) >= 11 is 0. The highest BCUT2D eigenvalue weighted by Gasteiger charge is 2.23. The van der Waals surface area contributed by atoms with E-state index in [0.717, 1.165) is 17.7 Å². The summed E-state index contributed by atoms with van der Waals surface area (Å²) in [6, 6.07) is 12.7. The van der Waals surface area contributed by atoms with Crippen LogP contribution in [-0.2, 0) is 0 Å². The fourth-order valence-electron chi connectivity index (χ4n) is 2.79. The van der Waals surface area contributed by atoms with Gasteiger partial charge in [0, 0.05) is 23.7 Å². The number of carbonyl (C=O) groups is 1. The molecule has 0 aliphatic carbocycles. The molecule has 0 spiro atoms. The third-order valence-corrected chi connectivity index (χ3v) is 3.89. The molecule has 0 aromatic heterocycles. The predicted octanol–water partition coefficient (Wildman–Crippen LogP) is 3.06. The van der Waals surface area contributed by atoms with Crippen molar-refractivity contribution in [3.8, 4) is 17.2 Å². The van der Waals surface area contributed by atoms with Gasteiger partial charge in [-0.1, -0.05) is 18.2 Å². The number of fused-ring (bicyclic) bond motifs is 2. The van der Waals surface area contributed by atoms with Crippen LogP contribution in [0.2, 0.25) is 0 Å². The maximum Gasteiger partial charge on any atom is 0.319 e. The number of para-hydroxylation sites is 1. The van der Waals surface area contributed by atoms with Crippen LogP contribution in [-0.4, -0.2) is 19.4 Å². The molecule has 2 N–H and O–H groups in total. The Hall–Kier alpha value is -2.89. The van der Waals surface area contributed by atoms with Crippen LogP contribution in [0.5, 0.6) is 17.2 Å². The average molecular weight is 312 g/mol. The van der Waals surface area contributed by atoms with E-state index in [1.165, 1.54) is 0 Å². The normalized spacial score (nSPS) is 17.8. The molecular weight excluding hydrogens is 296 g/mol. The Morgan fingerprint density at radius 1 is 1.00 bits per heavy atom. The highest BCUT2D eigenvalue weighted by Crippen LogP contribution is 2.34. The number of ether oxygens (including phenoxy) is 3. The second-order valence-corrected chi connectivity index (χ2v) is 5.39. The van der Waals surface area contributed by atoms with Crippen LogP contribution in [0.15, 0.2) is 42.5 Å². The minimum Gasteiger partial charge on any atom is -0.493 e. The van der Waals surface area contributed by atoms with Gasteiger partial charge in [-0.2, -0.15) is 0 Å². The third-order valence-electron chi connectivity index (χ3n) is 3.89. The minimum absolute atomic E-state index is 0.0611. The second kappa shape index (κ2) is 5.72. The quantitative estimate of drug-likeness (QED) is 0.894. The fraction of sp³-hybridized carbons (Fsp3) is 0.235. The number of rotatable bonds is 2. The zero-order valence-corrected chi connectivity index (χ0v) is 12.4. The monoisotopic (exact) mass is 312 g/mol. The first-order valence-electron chi connectivity index (χ1n) is 7.48. The van der Waals surface area contributed by atoms with Crippen molar-refractivity contribution in [2.75, 3.05) is 18.7 Å². The smallest absolute Gasteiger partial charge is 0.319 e. The molecule has 0 fully saturated rings. The van der Waals surface area contributed by atoms with Crippen LogP contribution < -0.4 is 24.8 Å². The van der Waals surface area contributed by atoms with Crippen molar-refractivity contribution in [3.05, 3.63) is 48.0 Å². The van der Waals surface area contributed by atoms with E-state index in [1.807, 2.05) is 24.3 Å². The minimum atomic E-state index is -0.259. The highest BCUT2D eigenvalue weighted by molar-refractivity contribution is 5.90. The standard InChI is InChI=1S/C17H16N2O4/c20-17(18-11-5-6-15-16(9-11)23-10-22-15)19-13-7-8-21-14-4-2-1-3-12(13)14/h1-6,9,13H,7-8,10H2,(H2,18,19,20). The summed E-state index contributed by atoms with van der Waals surface area (Å²) in [6.45, 7) is 0.801. The summed E-state index contributed by atoms with van der Waals surface area (Å²) in [4.78, 5) is 12.3. The fourth-order valence-corrected chi connectivity index (χ4v) is 2.79. The number of hydrogen-bond donors (Lipinski definition) is 2. The van der Waals surface area contributed by atoms with E-state index in [2.05, 4.69) is 10.6 Å². The molecule has 2 aliphatic heterocycles. The van der Waals surface area contributed by atoms with E-state index in [0.29, 0.717) is 23.8 Å². The molecule has 1 atom stereocenters. The topological polar surface area (TPSA) is 68.8 Å². The van der Waals surface area contributed by atoms with Gasteiger partial charge in [-0.3, -0.25) is 0 Å². The van der Waals surface area contributed by atoms with E-state index in [4.69, 9.17) is 14.2 Å². The maximum atomic E-state index is 12.3. The molecule has 118 valence electrons. The summed E-state index contributed by atoms with van der Waals surface area (Å²) in [5.74, 6) is 2.15. The summed E-state index contributed by atoms with van der Waals surface area (Å²) in [5.41, 5.74) is 1.66. The number of benzene rings is 2. The lowest BCUT2D eigenvalue weighted by Gasteiger charge is -2.26. The molecule has 2 heterocycles. The van der Waals surface area contributed by atoms with E-state index in [9.17, 15) is 4.79 Å². The van der Waals surface area contributed by atoms with Crippen molar-refractivity contribution in [2.24, 2.45) is 0 Å². The zero-order chi connectivity index (χ0) is 15.6. The molecular formula is C17H16N2O4. The Morgan fingerprint density at radius 2 is 1.87 bits per heavy atom. The molecule has 4 rings (SSSR count). The van der Waals surface area contributed by atoms with Gasteiger partial charge in [0.15, 0.2) is 11.5 Å². The summed E-state index contributed by atoms with van der Waals surface area (Å²) < 4.78 is 16.2. The van der Waals surface area contributed by atoms with Crippen LogP contribution in [0.1, 0.15) is 18.0 Å². The molecule has 6 heteroatoms. The van der Waals surface area contributed by atoms with Crippen molar-refractivity contribution in [3.63, 3.8) is 0 Å². The third kappa shape index (κ3) is 2.75. The van der Waals surface area contributed by atoms with Gasteiger partial charge in [0.2, 0.25) is 6.79 Å². The van der Waals surface area contributed by atoms with Crippen molar-refractivity contribution < 1.29 is 19.0 Å². The number of anilines is 1. The van der Waals surface area contributed by atoms with Crippen LogP contribution in [0, 0.1) is 0 Å². The largest absolute Gasteiger partial charge is 0.493 e. The first-order valence-corrected chi connectivity index (χ1v) is 7.48. The molecule has 2 aromatic carbocycles. The molecule has 0 saturated heterocycles. The molecule has 6 nitrogen and oxygen atoms in total. The highest BCUT2D eigenvalue weighted by atomic mass is 16.7. The number of carbonyl (C=O) groups excluding carboxylic acids is 1. The van der Waals surface area contributed by atoms with Crippen LogP contribution in [0.4, 0.5) is 10.5 Å². The molecule has 2 aromatic rings. The van der Waals surface area contributed by atoms with Crippen molar-refractivity contribution in [1.29, 1.82) is 0 Å². The van der Waals surface area contributed by atoms with Gasteiger partial charge in [0.25, 0.3) is 0 Å². The van der Waals surface area contributed by atoms with Gasteiger partial charge in [-0.15, -0.1) is 0 Å². The molecule has 1 unspecified atom stereocenters. The Bertz CT molecular complexity index is 747. The first-order chi connectivity index (χ1) is 11.3. The Morgan fingerprint density at radius 3 is 2.83 bits per heavy atom. The van der Waals surface area contributed by atoms with E-state index < -0.39 is 0 Å². The molecule has 0 saturated carbocycles. The van der Waals surface area contributed by atoms with Crippen LogP contribution in [0.25, 0.3) is 0 Å². The number of urea groups is 1. The predicted molar refractivity (Wildman–Crippen MR) is 84.0 cm³/mol. The Kier molecular flexibility index (Phi) is 3.42. The van der Waals surface area contributed by atoms with E-state index in [1.54, 1.807) is 18.2 Å². The molecule has 2 aliphatic rings. The van der Waals surface area contributed by atoms with Gasteiger partial charge < -0.3 is 24.8 Å². The number of amides is 2. The van der Waals surface area contributed by atoms with Gasteiger partial charge in [0.1, 0.15) is 5.75 Å². The van der Waals surface area contributed by atoms with Crippen molar-refractivity contribution in [1.82, 2.24) is 5.32 Å². The summed E-state index contributed by atoms with van der Waals surface area (Å²) in [7, 11) is 0. The maximum absolute atomic E-state index is 12.3. The lowest BCUT2D eigenvalue weighted by atomic mass is 10.0. The molecule has 0 radical (unpaired) electrons. The lowest BCUT2D eigenvalue weighted by Crippen LogP contribution is -2.35. The number of hydrogen-bond acceptors (Lipinski definition) is 4. The van der Waals surface area contributed by atoms with Gasteiger partial charge >= 0.3 is 6.03 Å². The summed E-state index contributed by atoms with van der Waals surface area (Å²) in [6.07, 6.45) is 0.742. The first kappa shape index (κ1) is 13.8. The van der Waals surface area contributed by atoms with Crippen LogP contribution in [0.3, 0.4) is 0 Å². The molecule has 2 amide bonds. The number of nitrogens with one attached hydrogen (secondary N) is 2.